The van der Waals surface area contributed by atoms with Crippen molar-refractivity contribution in [3.8, 4) is 0 Å². The van der Waals surface area contributed by atoms with Crippen molar-refractivity contribution in [3.63, 3.8) is 0 Å². The molecule has 0 heterocycles. The summed E-state index contributed by atoms with van der Waals surface area (Å²) in [5, 5.41) is 10.7. The van der Waals surface area contributed by atoms with Crippen LogP contribution in [-0.4, -0.2) is 10.7 Å². The van der Waals surface area contributed by atoms with E-state index in [1.165, 1.54) is 19.3 Å². The summed E-state index contributed by atoms with van der Waals surface area (Å²) < 4.78 is 0. The quantitative estimate of drug-likeness (QED) is 0.662. The fraction of sp³-hybridized carbons (Fsp3) is 1.00. The zero-order valence-corrected chi connectivity index (χ0v) is 9.56. The van der Waals surface area contributed by atoms with Crippen molar-refractivity contribution < 1.29 is 5.11 Å². The third-order valence-electron chi connectivity index (χ3n) is 3.83. The van der Waals surface area contributed by atoms with Crippen LogP contribution in [0.1, 0.15) is 59.8 Å². The molecule has 1 saturated carbocycles. The van der Waals surface area contributed by atoms with Gasteiger partial charge in [0.15, 0.2) is 0 Å². The van der Waals surface area contributed by atoms with Crippen molar-refractivity contribution in [1.29, 1.82) is 0 Å². The van der Waals surface area contributed by atoms with Crippen LogP contribution in [0.2, 0.25) is 0 Å². The standard InChI is InChI=1S/C12H24O/c1-5-10-8-6-7-9-12(10,13)11(2,3)4/h10,13H,5-9H2,1-4H3. The molecule has 0 saturated heterocycles. The van der Waals surface area contributed by atoms with E-state index in [1.807, 2.05) is 0 Å². The molecule has 0 spiro atoms. The molecule has 2 atom stereocenters. The second-order valence-electron chi connectivity index (χ2n) is 5.53. The first-order valence-corrected chi connectivity index (χ1v) is 5.64. The molecular formula is C12H24O. The average molecular weight is 184 g/mol. The molecule has 0 aromatic carbocycles. The van der Waals surface area contributed by atoms with Crippen molar-refractivity contribution in [2.45, 2.75) is 65.4 Å². The van der Waals surface area contributed by atoms with Gasteiger partial charge in [-0.2, -0.15) is 0 Å². The van der Waals surface area contributed by atoms with Crippen LogP contribution in [0.3, 0.4) is 0 Å². The van der Waals surface area contributed by atoms with Gasteiger partial charge < -0.3 is 5.11 Å². The Hall–Kier alpha value is -0.0400. The molecule has 78 valence electrons. The Morgan fingerprint density at radius 1 is 1.31 bits per heavy atom. The molecule has 0 bridgehead atoms. The van der Waals surface area contributed by atoms with Gasteiger partial charge in [0.05, 0.1) is 5.60 Å². The second-order valence-corrected chi connectivity index (χ2v) is 5.53. The van der Waals surface area contributed by atoms with E-state index in [-0.39, 0.29) is 5.41 Å². The molecule has 2 unspecified atom stereocenters. The van der Waals surface area contributed by atoms with Crippen LogP contribution < -0.4 is 0 Å². The molecule has 0 radical (unpaired) electrons. The second kappa shape index (κ2) is 3.61. The lowest BCUT2D eigenvalue weighted by molar-refractivity contribution is -0.127. The van der Waals surface area contributed by atoms with Crippen molar-refractivity contribution in [3.05, 3.63) is 0 Å². The van der Waals surface area contributed by atoms with E-state index in [1.54, 1.807) is 0 Å². The molecule has 1 N–H and O–H groups in total. The Labute approximate surface area is 82.5 Å². The first-order valence-electron chi connectivity index (χ1n) is 5.64. The summed E-state index contributed by atoms with van der Waals surface area (Å²) in [5.41, 5.74) is -0.381. The molecule has 1 fully saturated rings. The van der Waals surface area contributed by atoms with Crippen LogP contribution in [0, 0.1) is 11.3 Å². The third kappa shape index (κ3) is 1.90. The molecule has 1 aliphatic rings. The van der Waals surface area contributed by atoms with Crippen LogP contribution in [0.4, 0.5) is 0 Å². The predicted octanol–water partition coefficient (Wildman–Crippen LogP) is 3.36. The topological polar surface area (TPSA) is 20.2 Å². The fourth-order valence-electron chi connectivity index (χ4n) is 2.76. The largest absolute Gasteiger partial charge is 0.389 e. The maximum absolute atomic E-state index is 10.7. The fourth-order valence-corrected chi connectivity index (χ4v) is 2.76. The van der Waals surface area contributed by atoms with E-state index in [0.29, 0.717) is 5.92 Å². The summed E-state index contributed by atoms with van der Waals surface area (Å²) in [6.45, 7) is 8.70. The molecule has 0 aromatic rings. The molecule has 13 heavy (non-hydrogen) atoms. The van der Waals surface area contributed by atoms with Crippen molar-refractivity contribution in [1.82, 2.24) is 0 Å². The smallest absolute Gasteiger partial charge is 0.0723 e. The van der Waals surface area contributed by atoms with Crippen molar-refractivity contribution in [2.24, 2.45) is 11.3 Å². The first kappa shape index (κ1) is 11.0. The highest BCUT2D eigenvalue weighted by atomic mass is 16.3. The van der Waals surface area contributed by atoms with Gasteiger partial charge in [0.2, 0.25) is 0 Å². The van der Waals surface area contributed by atoms with Gasteiger partial charge in [0, 0.05) is 0 Å². The van der Waals surface area contributed by atoms with E-state index >= 15 is 0 Å². The lowest BCUT2D eigenvalue weighted by Gasteiger charge is -2.48. The first-order chi connectivity index (χ1) is 5.92. The normalized spacial score (nSPS) is 36.2. The zero-order valence-electron chi connectivity index (χ0n) is 9.56. The Balaban J connectivity index is 2.83. The van der Waals surface area contributed by atoms with Crippen LogP contribution in [-0.2, 0) is 0 Å². The van der Waals surface area contributed by atoms with E-state index in [4.69, 9.17) is 0 Å². The van der Waals surface area contributed by atoms with Crippen LogP contribution in [0.5, 0.6) is 0 Å². The number of aliphatic hydroxyl groups is 1. The Morgan fingerprint density at radius 3 is 2.31 bits per heavy atom. The maximum atomic E-state index is 10.7. The summed E-state index contributed by atoms with van der Waals surface area (Å²) in [6.07, 6.45) is 5.83. The monoisotopic (exact) mass is 184 g/mol. The molecule has 1 nitrogen and oxygen atoms in total. The highest BCUT2D eigenvalue weighted by Gasteiger charge is 2.46. The molecule has 0 amide bonds. The Bertz CT molecular complexity index is 168. The summed E-state index contributed by atoms with van der Waals surface area (Å²) in [5.74, 6) is 0.515. The minimum Gasteiger partial charge on any atom is -0.389 e. The van der Waals surface area contributed by atoms with Gasteiger partial charge >= 0.3 is 0 Å². The third-order valence-corrected chi connectivity index (χ3v) is 3.83. The highest BCUT2D eigenvalue weighted by Crippen LogP contribution is 2.46. The summed E-state index contributed by atoms with van der Waals surface area (Å²) in [4.78, 5) is 0. The average Bonchev–Trinajstić information content (AvgIpc) is 2.03. The minimum absolute atomic E-state index is 0.0358. The van der Waals surface area contributed by atoms with Crippen LogP contribution in [0.15, 0.2) is 0 Å². The minimum atomic E-state index is -0.417. The van der Waals surface area contributed by atoms with Gasteiger partial charge in [-0.15, -0.1) is 0 Å². The lowest BCUT2D eigenvalue weighted by Crippen LogP contribution is -2.50. The number of rotatable bonds is 1. The van der Waals surface area contributed by atoms with Gasteiger partial charge in [0.25, 0.3) is 0 Å². The van der Waals surface area contributed by atoms with E-state index in [9.17, 15) is 5.11 Å². The van der Waals surface area contributed by atoms with Gasteiger partial charge in [0.1, 0.15) is 0 Å². The van der Waals surface area contributed by atoms with Gasteiger partial charge in [-0.05, 0) is 24.2 Å². The zero-order chi connectivity index (χ0) is 10.1. The SMILES string of the molecule is CCC1CCCCC1(O)C(C)(C)C. The Morgan fingerprint density at radius 2 is 1.92 bits per heavy atom. The summed E-state index contributed by atoms with van der Waals surface area (Å²) in [7, 11) is 0. The van der Waals surface area contributed by atoms with Crippen LogP contribution in [0.25, 0.3) is 0 Å². The van der Waals surface area contributed by atoms with Crippen molar-refractivity contribution in [2.75, 3.05) is 0 Å². The maximum Gasteiger partial charge on any atom is 0.0723 e. The van der Waals surface area contributed by atoms with E-state index in [0.717, 1.165) is 12.8 Å². The molecule has 0 aliphatic heterocycles. The summed E-state index contributed by atoms with van der Waals surface area (Å²) in [6, 6.07) is 0. The molecule has 1 heteroatoms. The lowest BCUT2D eigenvalue weighted by atomic mass is 9.62. The van der Waals surface area contributed by atoms with E-state index < -0.39 is 5.60 Å². The van der Waals surface area contributed by atoms with Crippen molar-refractivity contribution >= 4 is 0 Å². The summed E-state index contributed by atoms with van der Waals surface area (Å²) >= 11 is 0. The van der Waals surface area contributed by atoms with Crippen LogP contribution >= 0.6 is 0 Å². The Kier molecular flexibility index (Phi) is 3.06. The van der Waals surface area contributed by atoms with Gasteiger partial charge in [-0.25, -0.2) is 0 Å². The molecule has 1 aliphatic carbocycles. The molecule has 0 aromatic heterocycles. The molecule has 1 rings (SSSR count). The van der Waals surface area contributed by atoms with Gasteiger partial charge in [-0.1, -0.05) is 47.0 Å². The number of hydrogen-bond donors (Lipinski definition) is 1. The highest BCUT2D eigenvalue weighted by molar-refractivity contribution is 4.97. The number of hydrogen-bond acceptors (Lipinski definition) is 1. The van der Waals surface area contributed by atoms with E-state index in [2.05, 4.69) is 27.7 Å². The van der Waals surface area contributed by atoms with Gasteiger partial charge in [-0.3, -0.25) is 0 Å². The molecular weight excluding hydrogens is 160 g/mol. The predicted molar refractivity (Wildman–Crippen MR) is 56.7 cm³/mol.